The molecule has 0 aromatic heterocycles. The Morgan fingerprint density at radius 2 is 1.50 bits per heavy atom. The van der Waals surface area contributed by atoms with Crippen LogP contribution in [0.25, 0.3) is 0 Å². The maximum atomic E-state index is 13.0. The molecule has 2 amide bonds. The van der Waals surface area contributed by atoms with Gasteiger partial charge in [-0.3, -0.25) is 15.0 Å². The molecule has 2 rings (SSSR count). The average molecular weight is 373 g/mol. The quantitative estimate of drug-likeness (QED) is 0.777. The van der Waals surface area contributed by atoms with E-state index in [0.717, 1.165) is 12.8 Å². The lowest BCUT2D eigenvalue weighted by molar-refractivity contribution is 0.0358. The molecule has 2 aromatic rings. The Morgan fingerprint density at radius 3 is 2.00 bits per heavy atom. The Bertz CT molecular complexity index is 762. The zero-order chi connectivity index (χ0) is 19.3. The fraction of sp³-hybridized carbons (Fsp3) is 0.333. The SMILES string of the molecule is CCCc1ccc(C(=O)N(NC(=O)c2ccc(Cl)cc2)C(C)(C)C)cc1. The first kappa shape index (κ1) is 20.0. The number of carbonyl (C=O) groups is 2. The molecular formula is C21H25ClN2O2. The largest absolute Gasteiger partial charge is 0.272 e. The van der Waals surface area contributed by atoms with Gasteiger partial charge in [0.2, 0.25) is 0 Å². The van der Waals surface area contributed by atoms with Gasteiger partial charge in [0.25, 0.3) is 11.8 Å². The molecule has 5 heteroatoms. The molecule has 0 unspecified atom stereocenters. The first-order valence-electron chi connectivity index (χ1n) is 8.72. The lowest BCUT2D eigenvalue weighted by Gasteiger charge is -2.35. The Hall–Kier alpha value is -2.33. The normalized spacial score (nSPS) is 11.1. The molecule has 0 heterocycles. The fourth-order valence-electron chi connectivity index (χ4n) is 2.52. The van der Waals surface area contributed by atoms with Gasteiger partial charge >= 0.3 is 0 Å². The third-order valence-electron chi connectivity index (χ3n) is 3.93. The van der Waals surface area contributed by atoms with Gasteiger partial charge in [0.1, 0.15) is 0 Å². The van der Waals surface area contributed by atoms with Crippen LogP contribution in [0.5, 0.6) is 0 Å². The maximum absolute atomic E-state index is 13.0. The first-order chi connectivity index (χ1) is 12.2. The van der Waals surface area contributed by atoms with Crippen molar-refractivity contribution in [2.75, 3.05) is 0 Å². The zero-order valence-corrected chi connectivity index (χ0v) is 16.4. The number of rotatable bonds is 4. The fourth-order valence-corrected chi connectivity index (χ4v) is 2.65. The van der Waals surface area contributed by atoms with Crippen molar-refractivity contribution in [1.82, 2.24) is 10.4 Å². The third kappa shape index (κ3) is 5.09. The molecule has 0 saturated heterocycles. The molecule has 4 nitrogen and oxygen atoms in total. The summed E-state index contributed by atoms with van der Waals surface area (Å²) in [5, 5.41) is 1.93. The van der Waals surface area contributed by atoms with Gasteiger partial charge in [0.05, 0.1) is 5.54 Å². The number of hydrazine groups is 1. The van der Waals surface area contributed by atoms with Crippen molar-refractivity contribution in [3.63, 3.8) is 0 Å². The molecule has 2 aromatic carbocycles. The van der Waals surface area contributed by atoms with Crippen LogP contribution in [-0.4, -0.2) is 22.4 Å². The van der Waals surface area contributed by atoms with Gasteiger partial charge in [-0.05, 0) is 69.2 Å². The van der Waals surface area contributed by atoms with Gasteiger partial charge < -0.3 is 0 Å². The van der Waals surface area contributed by atoms with E-state index in [-0.39, 0.29) is 11.8 Å². The predicted octanol–water partition coefficient (Wildman–Crippen LogP) is 4.88. The number of hydrogen-bond donors (Lipinski definition) is 1. The number of carbonyl (C=O) groups excluding carboxylic acids is 2. The molecule has 0 bridgehead atoms. The van der Waals surface area contributed by atoms with Crippen molar-refractivity contribution in [1.29, 1.82) is 0 Å². The van der Waals surface area contributed by atoms with Crippen LogP contribution in [0, 0.1) is 0 Å². The average Bonchev–Trinajstić information content (AvgIpc) is 2.59. The minimum absolute atomic E-state index is 0.247. The highest BCUT2D eigenvalue weighted by Crippen LogP contribution is 2.17. The summed E-state index contributed by atoms with van der Waals surface area (Å²) in [5.74, 6) is -0.601. The van der Waals surface area contributed by atoms with Crippen LogP contribution < -0.4 is 5.43 Å². The molecule has 0 aliphatic heterocycles. The van der Waals surface area contributed by atoms with E-state index in [1.54, 1.807) is 36.4 Å². The van der Waals surface area contributed by atoms with Crippen LogP contribution in [0.3, 0.4) is 0 Å². The number of amides is 2. The van der Waals surface area contributed by atoms with Gasteiger partial charge in [0, 0.05) is 16.1 Å². The van der Waals surface area contributed by atoms with Crippen LogP contribution in [0.15, 0.2) is 48.5 Å². The number of hydrogen-bond acceptors (Lipinski definition) is 2. The van der Waals surface area contributed by atoms with Gasteiger partial charge in [-0.25, -0.2) is 5.01 Å². The van der Waals surface area contributed by atoms with Crippen molar-refractivity contribution >= 4 is 23.4 Å². The van der Waals surface area contributed by atoms with Gasteiger partial charge in [-0.1, -0.05) is 37.1 Å². The highest BCUT2D eigenvalue weighted by molar-refractivity contribution is 6.30. The molecule has 0 fully saturated rings. The van der Waals surface area contributed by atoms with E-state index in [9.17, 15) is 9.59 Å². The topological polar surface area (TPSA) is 49.4 Å². The molecule has 138 valence electrons. The summed E-state index contributed by atoms with van der Waals surface area (Å²) in [6.45, 7) is 7.74. The molecule has 0 aliphatic rings. The van der Waals surface area contributed by atoms with Crippen LogP contribution in [-0.2, 0) is 6.42 Å². The minimum Gasteiger partial charge on any atom is -0.267 e. The van der Waals surface area contributed by atoms with Gasteiger partial charge in [0.15, 0.2) is 0 Å². The number of benzene rings is 2. The Kier molecular flexibility index (Phi) is 6.43. The Balaban J connectivity index is 2.22. The minimum atomic E-state index is -0.582. The summed E-state index contributed by atoms with van der Waals surface area (Å²) >= 11 is 5.86. The van der Waals surface area contributed by atoms with E-state index in [1.807, 2.05) is 32.9 Å². The van der Waals surface area contributed by atoms with Gasteiger partial charge in [-0.15, -0.1) is 0 Å². The summed E-state index contributed by atoms with van der Waals surface area (Å²) < 4.78 is 0. The summed E-state index contributed by atoms with van der Waals surface area (Å²) in [5.41, 5.74) is 4.32. The molecule has 0 atom stereocenters. The molecule has 0 saturated carbocycles. The number of nitrogens with one attached hydrogen (secondary N) is 1. The van der Waals surface area contributed by atoms with Crippen LogP contribution in [0.1, 0.15) is 60.4 Å². The molecule has 26 heavy (non-hydrogen) atoms. The van der Waals surface area contributed by atoms with Crippen molar-refractivity contribution in [3.05, 3.63) is 70.2 Å². The second kappa shape index (κ2) is 8.37. The second-order valence-corrected chi connectivity index (χ2v) is 7.64. The summed E-state index contributed by atoms with van der Waals surface area (Å²) in [7, 11) is 0. The number of aryl methyl sites for hydroxylation is 1. The van der Waals surface area contributed by atoms with E-state index in [4.69, 9.17) is 11.6 Å². The summed E-state index contributed by atoms with van der Waals surface area (Å²) in [4.78, 5) is 25.5. The molecule has 0 aliphatic carbocycles. The lowest BCUT2D eigenvalue weighted by atomic mass is 10.0. The van der Waals surface area contributed by atoms with Crippen molar-refractivity contribution in [2.45, 2.75) is 46.1 Å². The summed E-state index contributed by atoms with van der Waals surface area (Å²) in [6.07, 6.45) is 2.03. The highest BCUT2D eigenvalue weighted by atomic mass is 35.5. The molecular weight excluding hydrogens is 348 g/mol. The predicted molar refractivity (Wildman–Crippen MR) is 105 cm³/mol. The van der Waals surface area contributed by atoms with E-state index in [2.05, 4.69) is 12.3 Å². The van der Waals surface area contributed by atoms with Crippen LogP contribution in [0.2, 0.25) is 5.02 Å². The van der Waals surface area contributed by atoms with E-state index in [1.165, 1.54) is 10.6 Å². The standard InChI is InChI=1S/C21H25ClN2O2/c1-5-6-15-7-9-17(10-8-15)20(26)24(21(2,3)4)23-19(25)16-11-13-18(22)14-12-16/h7-14H,5-6H2,1-4H3,(H,23,25). The monoisotopic (exact) mass is 372 g/mol. The molecule has 0 spiro atoms. The zero-order valence-electron chi connectivity index (χ0n) is 15.7. The number of nitrogens with zero attached hydrogens (tertiary/aromatic N) is 1. The second-order valence-electron chi connectivity index (χ2n) is 7.21. The first-order valence-corrected chi connectivity index (χ1v) is 9.10. The van der Waals surface area contributed by atoms with Crippen molar-refractivity contribution in [3.8, 4) is 0 Å². The van der Waals surface area contributed by atoms with E-state index < -0.39 is 5.54 Å². The van der Waals surface area contributed by atoms with Crippen LogP contribution in [0.4, 0.5) is 0 Å². The van der Waals surface area contributed by atoms with Crippen LogP contribution >= 0.6 is 11.6 Å². The maximum Gasteiger partial charge on any atom is 0.272 e. The van der Waals surface area contributed by atoms with E-state index in [0.29, 0.717) is 16.1 Å². The molecule has 1 N–H and O–H groups in total. The van der Waals surface area contributed by atoms with Crippen molar-refractivity contribution < 1.29 is 9.59 Å². The third-order valence-corrected chi connectivity index (χ3v) is 4.19. The molecule has 0 radical (unpaired) electrons. The Labute approximate surface area is 160 Å². The Morgan fingerprint density at radius 1 is 0.962 bits per heavy atom. The summed E-state index contributed by atoms with van der Waals surface area (Å²) in [6, 6.07) is 14.1. The van der Waals surface area contributed by atoms with Gasteiger partial charge in [-0.2, -0.15) is 0 Å². The number of halogens is 1. The van der Waals surface area contributed by atoms with Crippen molar-refractivity contribution in [2.24, 2.45) is 0 Å². The smallest absolute Gasteiger partial charge is 0.267 e. The lowest BCUT2D eigenvalue weighted by Crippen LogP contribution is -2.55. The highest BCUT2D eigenvalue weighted by Gasteiger charge is 2.29. The van der Waals surface area contributed by atoms with E-state index >= 15 is 0 Å².